The van der Waals surface area contributed by atoms with E-state index < -0.39 is 92.0 Å². The number of aliphatic carboxylic acids is 1. The molecule has 0 bridgehead atoms. The Morgan fingerprint density at radius 2 is 1.24 bits per heavy atom. The number of aliphatic hydroxyl groups is 5. The van der Waals surface area contributed by atoms with E-state index in [0.29, 0.717) is 12.8 Å². The maximum atomic E-state index is 13.1. The third-order valence-electron chi connectivity index (χ3n) is 8.93. The molecule has 12 atom stereocenters. The van der Waals surface area contributed by atoms with Crippen LogP contribution < -0.4 is 0 Å². The molecule has 2 aliphatic rings. The summed E-state index contributed by atoms with van der Waals surface area (Å²) in [5.74, 6) is -2.69. The van der Waals surface area contributed by atoms with Crippen LogP contribution in [0.25, 0.3) is 0 Å². The van der Waals surface area contributed by atoms with E-state index in [0.717, 1.165) is 64.2 Å². The zero-order valence-corrected chi connectivity index (χ0v) is 28.1. The van der Waals surface area contributed by atoms with Crippen molar-refractivity contribution < 1.29 is 63.9 Å². The first kappa shape index (κ1) is 40.8. The summed E-state index contributed by atoms with van der Waals surface area (Å²) in [6, 6.07) is 0. The molecule has 2 heterocycles. The third-order valence-corrected chi connectivity index (χ3v) is 8.93. The van der Waals surface area contributed by atoms with Crippen LogP contribution in [0.5, 0.6) is 0 Å². The lowest BCUT2D eigenvalue weighted by molar-refractivity contribution is -0.354. The molecule has 0 spiro atoms. The van der Waals surface area contributed by atoms with Gasteiger partial charge in [0.2, 0.25) is 0 Å². The molecule has 6 N–H and O–H groups in total. The van der Waals surface area contributed by atoms with Crippen LogP contribution in [0.3, 0.4) is 0 Å². The molecule has 46 heavy (non-hydrogen) atoms. The predicted octanol–water partition coefficient (Wildman–Crippen LogP) is 2.80. The van der Waals surface area contributed by atoms with Crippen LogP contribution >= 0.6 is 0 Å². The highest BCUT2D eigenvalue weighted by Crippen LogP contribution is 2.33. The number of carboxylic acid groups (broad SMARTS) is 1. The Kier molecular flexibility index (Phi) is 19.1. The minimum absolute atomic E-state index is 0.186. The first-order valence-electron chi connectivity index (χ1n) is 17.3. The van der Waals surface area contributed by atoms with Gasteiger partial charge in [-0.1, -0.05) is 71.6 Å². The SMILES string of the molecule is CCCCCCCC(CC(=O)O)OC(=O)CC(CCCCCCC)OC1OC(C)C(O)C(OC2OC(C)C(O)C(O)C2CO)C1O. The summed E-state index contributed by atoms with van der Waals surface area (Å²) in [5.41, 5.74) is 0. The molecule has 2 saturated heterocycles. The lowest BCUT2D eigenvalue weighted by Gasteiger charge is -2.46. The van der Waals surface area contributed by atoms with Crippen LogP contribution in [0.2, 0.25) is 0 Å². The van der Waals surface area contributed by atoms with E-state index in [1.165, 1.54) is 6.92 Å². The van der Waals surface area contributed by atoms with Crippen molar-refractivity contribution in [1.29, 1.82) is 0 Å². The molecule has 12 unspecified atom stereocenters. The average molecular weight is 665 g/mol. The van der Waals surface area contributed by atoms with Crippen LogP contribution in [0, 0.1) is 5.92 Å². The van der Waals surface area contributed by atoms with Crippen LogP contribution in [-0.2, 0) is 33.3 Å². The maximum Gasteiger partial charge on any atom is 0.308 e. The number of unbranched alkanes of at least 4 members (excludes halogenated alkanes) is 8. The third kappa shape index (κ3) is 13.2. The van der Waals surface area contributed by atoms with Crippen LogP contribution in [0.1, 0.15) is 118 Å². The standard InChI is InChI=1S/C33H60O13/c1-5-7-9-11-13-15-22(17-25(35)36)44-26(37)18-23(16-14-12-10-8-6-2)45-33-30(41)31(28(39)21(4)43-33)46-32-24(19-34)29(40)27(38)20(3)42-32/h20-24,27-34,38-41H,5-19H2,1-4H3,(H,35,36). The number of aliphatic hydroxyl groups excluding tert-OH is 5. The van der Waals surface area contributed by atoms with Gasteiger partial charge in [-0.2, -0.15) is 0 Å². The number of carbonyl (C=O) groups is 2. The van der Waals surface area contributed by atoms with Crippen LogP contribution in [0.15, 0.2) is 0 Å². The molecule has 0 saturated carbocycles. The number of esters is 1. The second kappa shape index (κ2) is 21.5. The van der Waals surface area contributed by atoms with Gasteiger partial charge in [-0.15, -0.1) is 0 Å². The highest BCUT2D eigenvalue weighted by atomic mass is 16.7. The fourth-order valence-electron chi connectivity index (χ4n) is 6.01. The van der Waals surface area contributed by atoms with Crippen molar-refractivity contribution in [2.75, 3.05) is 6.61 Å². The van der Waals surface area contributed by atoms with Crippen molar-refractivity contribution in [1.82, 2.24) is 0 Å². The number of carbonyl (C=O) groups excluding carboxylic acids is 1. The molecular weight excluding hydrogens is 604 g/mol. The van der Waals surface area contributed by atoms with Gasteiger partial charge in [-0.25, -0.2) is 0 Å². The lowest BCUT2D eigenvalue weighted by Crippen LogP contribution is -2.62. The van der Waals surface area contributed by atoms with Crippen LogP contribution in [-0.4, -0.2) is 117 Å². The summed E-state index contributed by atoms with van der Waals surface area (Å²) in [6.45, 7) is 6.74. The molecule has 2 rings (SSSR count). The van der Waals surface area contributed by atoms with Gasteiger partial charge in [0.05, 0.1) is 49.8 Å². The fraction of sp³-hybridized carbons (Fsp3) is 0.939. The average Bonchev–Trinajstić information content (AvgIpc) is 3.00. The minimum atomic E-state index is -1.55. The predicted molar refractivity (Wildman–Crippen MR) is 167 cm³/mol. The molecule has 2 fully saturated rings. The zero-order valence-electron chi connectivity index (χ0n) is 28.1. The van der Waals surface area contributed by atoms with E-state index in [2.05, 4.69) is 13.8 Å². The monoisotopic (exact) mass is 664 g/mol. The van der Waals surface area contributed by atoms with E-state index in [9.17, 15) is 40.2 Å². The van der Waals surface area contributed by atoms with Crippen LogP contribution in [0.4, 0.5) is 0 Å². The summed E-state index contributed by atoms with van der Waals surface area (Å²) >= 11 is 0. The Morgan fingerprint density at radius 1 is 0.696 bits per heavy atom. The first-order chi connectivity index (χ1) is 21.9. The van der Waals surface area contributed by atoms with Gasteiger partial charge in [-0.05, 0) is 33.1 Å². The molecule has 13 heteroatoms. The van der Waals surface area contributed by atoms with Gasteiger partial charge >= 0.3 is 11.9 Å². The van der Waals surface area contributed by atoms with Crippen molar-refractivity contribution >= 4 is 11.9 Å². The summed E-state index contributed by atoms with van der Waals surface area (Å²) < 4.78 is 29.2. The van der Waals surface area contributed by atoms with Crippen molar-refractivity contribution in [3.8, 4) is 0 Å². The van der Waals surface area contributed by atoms with Gasteiger partial charge in [0.15, 0.2) is 12.6 Å². The number of hydrogen-bond acceptors (Lipinski definition) is 12. The van der Waals surface area contributed by atoms with Crippen molar-refractivity contribution in [3.63, 3.8) is 0 Å². The second-order valence-electron chi connectivity index (χ2n) is 12.9. The molecule has 2 aliphatic heterocycles. The number of hydrogen-bond donors (Lipinski definition) is 6. The van der Waals surface area contributed by atoms with Gasteiger partial charge < -0.3 is 54.3 Å². The summed E-state index contributed by atoms with van der Waals surface area (Å²) in [4.78, 5) is 24.5. The molecule has 0 aromatic heterocycles. The normalized spacial score (nSPS) is 33.0. The van der Waals surface area contributed by atoms with Gasteiger partial charge in [-0.3, -0.25) is 9.59 Å². The molecule has 0 amide bonds. The molecule has 0 radical (unpaired) electrons. The Morgan fingerprint density at radius 3 is 1.80 bits per heavy atom. The van der Waals surface area contributed by atoms with E-state index in [-0.39, 0.29) is 12.8 Å². The van der Waals surface area contributed by atoms with Gasteiger partial charge in [0, 0.05) is 0 Å². The maximum absolute atomic E-state index is 13.1. The highest BCUT2D eigenvalue weighted by Gasteiger charge is 2.50. The largest absolute Gasteiger partial charge is 0.481 e. The van der Waals surface area contributed by atoms with Crippen molar-refractivity contribution in [3.05, 3.63) is 0 Å². The zero-order chi connectivity index (χ0) is 34.2. The minimum Gasteiger partial charge on any atom is -0.481 e. The highest BCUT2D eigenvalue weighted by molar-refractivity contribution is 5.72. The molecule has 270 valence electrons. The molecular formula is C33H60O13. The summed E-state index contributed by atoms with van der Waals surface area (Å²) in [7, 11) is 0. The Bertz CT molecular complexity index is 859. The lowest BCUT2D eigenvalue weighted by atomic mass is 9.91. The first-order valence-corrected chi connectivity index (χ1v) is 17.3. The number of ether oxygens (including phenoxy) is 5. The van der Waals surface area contributed by atoms with E-state index in [4.69, 9.17) is 23.7 Å². The smallest absolute Gasteiger partial charge is 0.308 e. The van der Waals surface area contributed by atoms with Crippen molar-refractivity contribution in [2.45, 2.75) is 185 Å². The topological polar surface area (TPSA) is 202 Å². The summed E-state index contributed by atoms with van der Waals surface area (Å²) in [5, 5.41) is 62.0. The molecule has 13 nitrogen and oxygen atoms in total. The second-order valence-corrected chi connectivity index (χ2v) is 12.9. The van der Waals surface area contributed by atoms with E-state index in [1.54, 1.807) is 6.92 Å². The molecule has 0 aromatic carbocycles. The Labute approximate surface area is 273 Å². The molecule has 0 aromatic rings. The summed E-state index contributed by atoms with van der Waals surface area (Å²) in [6.07, 6.45) is -2.45. The quantitative estimate of drug-likeness (QED) is 0.0729. The van der Waals surface area contributed by atoms with Crippen molar-refractivity contribution in [2.24, 2.45) is 5.92 Å². The number of carboxylic acids is 1. The van der Waals surface area contributed by atoms with Gasteiger partial charge in [0.1, 0.15) is 30.5 Å². The Hall–Kier alpha value is -1.42. The molecule has 0 aliphatic carbocycles. The number of rotatable bonds is 22. The van der Waals surface area contributed by atoms with E-state index in [1.807, 2.05) is 0 Å². The Balaban J connectivity index is 2.13. The fourth-order valence-corrected chi connectivity index (χ4v) is 6.01. The van der Waals surface area contributed by atoms with Gasteiger partial charge in [0.25, 0.3) is 0 Å². The van der Waals surface area contributed by atoms with E-state index >= 15 is 0 Å².